The average Bonchev–Trinajstić information content (AvgIpc) is 3.31. The summed E-state index contributed by atoms with van der Waals surface area (Å²) in [7, 11) is 0. The van der Waals surface area contributed by atoms with Crippen LogP contribution in [0.4, 0.5) is 4.79 Å². The third-order valence-corrected chi connectivity index (χ3v) is 8.03. The van der Waals surface area contributed by atoms with E-state index in [0.29, 0.717) is 48.7 Å². The molecule has 0 heterocycles. The summed E-state index contributed by atoms with van der Waals surface area (Å²) in [6.45, 7) is 11.4. The van der Waals surface area contributed by atoms with Gasteiger partial charge in [0, 0.05) is 28.4 Å². The first kappa shape index (κ1) is 34.1. The molecule has 0 spiro atoms. The Morgan fingerprint density at radius 3 is 2.20 bits per heavy atom. The Bertz CT molecular complexity index is 1610. The van der Waals surface area contributed by atoms with Gasteiger partial charge in [0.05, 0.1) is 26.1 Å². The van der Waals surface area contributed by atoms with Gasteiger partial charge in [0.15, 0.2) is 0 Å². The van der Waals surface area contributed by atoms with Crippen LogP contribution in [0, 0.1) is 0 Å². The molecule has 0 fully saturated rings. The summed E-state index contributed by atoms with van der Waals surface area (Å²) < 4.78 is 25.9. The van der Waals surface area contributed by atoms with E-state index in [9.17, 15) is 19.2 Å². The zero-order chi connectivity index (χ0) is 33.1. The van der Waals surface area contributed by atoms with E-state index in [1.165, 1.54) is 0 Å². The number of hydrogen-bond acceptors (Lipinski definition) is 10. The molecular weight excluding hydrogens is 608 g/mol. The number of unbranched alkanes of at least 4 members (excludes halogenated alkanes) is 1. The van der Waals surface area contributed by atoms with E-state index in [0.717, 1.165) is 51.6 Å². The molecule has 0 aliphatic heterocycles. The number of rotatable bonds is 15. The molecule has 0 N–H and O–H groups in total. The van der Waals surface area contributed by atoms with Crippen LogP contribution >= 0.6 is 11.8 Å². The predicted octanol–water partition coefficient (Wildman–Crippen LogP) is 8.01. The molecule has 9 nitrogen and oxygen atoms in total. The molecule has 10 heteroatoms. The Labute approximate surface area is 272 Å². The van der Waals surface area contributed by atoms with Gasteiger partial charge in [-0.05, 0) is 109 Å². The first-order valence-corrected chi connectivity index (χ1v) is 15.7. The van der Waals surface area contributed by atoms with Crippen molar-refractivity contribution in [2.45, 2.75) is 50.3 Å². The van der Waals surface area contributed by atoms with Crippen molar-refractivity contribution in [1.29, 1.82) is 0 Å². The van der Waals surface area contributed by atoms with Crippen molar-refractivity contribution < 1.29 is 42.9 Å². The summed E-state index contributed by atoms with van der Waals surface area (Å²) in [6.07, 6.45) is 2.01. The van der Waals surface area contributed by atoms with Crippen LogP contribution < -0.4 is 9.47 Å². The van der Waals surface area contributed by atoms with Gasteiger partial charge in [0.2, 0.25) is 5.12 Å². The standard InChI is InChI=1S/C36H36O9S/c1-5-41-33(37)9-8-20-44-36(40)45-27-14-16-29-30-17-15-28(22-32(30)24(4)31(29)21-27)46-35(39)25-10-12-26(13-11-25)42-18-6-7-19-43-34(38)23(2)3/h5,10-17,21-22,24H,1-2,6-9,18-20H2,3-4H3/t24-/m1/s1. The molecule has 0 saturated heterocycles. The maximum atomic E-state index is 13.1. The van der Waals surface area contributed by atoms with Gasteiger partial charge in [-0.15, -0.1) is 0 Å². The van der Waals surface area contributed by atoms with Crippen molar-refractivity contribution in [1.82, 2.24) is 0 Å². The van der Waals surface area contributed by atoms with Crippen LogP contribution in [0.15, 0.2) is 90.6 Å². The van der Waals surface area contributed by atoms with Crippen LogP contribution in [0.2, 0.25) is 0 Å². The zero-order valence-corrected chi connectivity index (χ0v) is 26.7. The summed E-state index contributed by atoms with van der Waals surface area (Å²) in [6, 6.07) is 18.4. The zero-order valence-electron chi connectivity index (χ0n) is 25.9. The van der Waals surface area contributed by atoms with Gasteiger partial charge in [-0.3, -0.25) is 9.59 Å². The van der Waals surface area contributed by atoms with Crippen LogP contribution in [0.3, 0.4) is 0 Å². The Kier molecular flexibility index (Phi) is 12.2. The summed E-state index contributed by atoms with van der Waals surface area (Å²) in [5.74, 6) is 0.197. The average molecular weight is 645 g/mol. The third-order valence-electron chi connectivity index (χ3n) is 7.12. The first-order valence-electron chi connectivity index (χ1n) is 14.9. The monoisotopic (exact) mass is 644 g/mol. The van der Waals surface area contributed by atoms with Crippen molar-refractivity contribution in [3.8, 4) is 22.6 Å². The lowest BCUT2D eigenvalue weighted by Crippen LogP contribution is -2.12. The molecule has 240 valence electrons. The van der Waals surface area contributed by atoms with Gasteiger partial charge in [0.25, 0.3) is 0 Å². The first-order chi connectivity index (χ1) is 22.2. The molecule has 4 rings (SSSR count). The van der Waals surface area contributed by atoms with E-state index in [1.807, 2.05) is 30.3 Å². The number of carbonyl (C=O) groups is 4. The predicted molar refractivity (Wildman–Crippen MR) is 174 cm³/mol. The highest BCUT2D eigenvalue weighted by atomic mass is 32.2. The molecule has 0 saturated carbocycles. The second-order valence-corrected chi connectivity index (χ2v) is 11.6. The number of carbonyl (C=O) groups excluding carboxylic acids is 4. The minimum absolute atomic E-state index is 0.0191. The van der Waals surface area contributed by atoms with Crippen LogP contribution in [-0.2, 0) is 23.8 Å². The van der Waals surface area contributed by atoms with E-state index < -0.39 is 12.1 Å². The second-order valence-electron chi connectivity index (χ2n) is 10.6. The second kappa shape index (κ2) is 16.5. The van der Waals surface area contributed by atoms with Crippen LogP contribution in [0.25, 0.3) is 11.1 Å². The number of ether oxygens (including phenoxy) is 5. The van der Waals surface area contributed by atoms with Crippen molar-refractivity contribution in [2.75, 3.05) is 19.8 Å². The maximum absolute atomic E-state index is 13.1. The van der Waals surface area contributed by atoms with Crippen molar-refractivity contribution in [2.24, 2.45) is 0 Å². The van der Waals surface area contributed by atoms with Crippen molar-refractivity contribution in [3.05, 3.63) is 102 Å². The maximum Gasteiger partial charge on any atom is 0.513 e. The summed E-state index contributed by atoms with van der Waals surface area (Å²) in [4.78, 5) is 48.8. The van der Waals surface area contributed by atoms with E-state index in [4.69, 9.17) is 18.9 Å². The molecule has 3 aromatic rings. The number of benzene rings is 3. The van der Waals surface area contributed by atoms with Crippen LogP contribution in [0.5, 0.6) is 11.5 Å². The molecular formula is C36H36O9S. The molecule has 1 aliphatic rings. The van der Waals surface area contributed by atoms with Gasteiger partial charge in [0.1, 0.15) is 11.5 Å². The topological polar surface area (TPSA) is 114 Å². The molecule has 0 radical (unpaired) electrons. The lowest BCUT2D eigenvalue weighted by molar-refractivity contribution is -0.139. The van der Waals surface area contributed by atoms with Crippen molar-refractivity contribution >= 4 is 35.0 Å². The Morgan fingerprint density at radius 1 is 0.826 bits per heavy atom. The van der Waals surface area contributed by atoms with E-state index in [-0.39, 0.29) is 30.0 Å². The van der Waals surface area contributed by atoms with E-state index in [2.05, 4.69) is 24.8 Å². The Morgan fingerprint density at radius 2 is 1.48 bits per heavy atom. The highest BCUT2D eigenvalue weighted by molar-refractivity contribution is 8.14. The number of hydrogen-bond donors (Lipinski definition) is 0. The van der Waals surface area contributed by atoms with Gasteiger partial charge in [-0.2, -0.15) is 0 Å². The minimum atomic E-state index is -0.851. The normalized spacial score (nSPS) is 12.7. The summed E-state index contributed by atoms with van der Waals surface area (Å²) >= 11 is 1.16. The highest BCUT2D eigenvalue weighted by Crippen LogP contribution is 2.47. The number of thioether (sulfide) groups is 1. The molecule has 46 heavy (non-hydrogen) atoms. The SMILES string of the molecule is C=COC(=O)CCCOC(=O)Oc1ccc2c(c1)[C@@H](C)c1cc(SC(=O)c3ccc(OCCCCOC(=O)C(=C)C)cc3)ccc1-2. The lowest BCUT2D eigenvalue weighted by atomic mass is 9.99. The highest BCUT2D eigenvalue weighted by Gasteiger charge is 2.27. The molecule has 0 bridgehead atoms. The summed E-state index contributed by atoms with van der Waals surface area (Å²) in [5.41, 5.74) is 5.13. The lowest BCUT2D eigenvalue weighted by Gasteiger charge is -2.10. The third kappa shape index (κ3) is 9.34. The minimum Gasteiger partial charge on any atom is -0.494 e. The van der Waals surface area contributed by atoms with Crippen LogP contribution in [0.1, 0.15) is 66.9 Å². The van der Waals surface area contributed by atoms with Crippen LogP contribution in [-0.4, -0.2) is 43.0 Å². The quantitative estimate of drug-likeness (QED) is 0.0306. The molecule has 1 atom stereocenters. The molecule has 0 amide bonds. The largest absolute Gasteiger partial charge is 0.513 e. The fourth-order valence-corrected chi connectivity index (χ4v) is 5.56. The van der Waals surface area contributed by atoms with Gasteiger partial charge < -0.3 is 23.7 Å². The molecule has 1 aliphatic carbocycles. The molecule has 0 unspecified atom stereocenters. The molecule has 0 aromatic heterocycles. The van der Waals surface area contributed by atoms with E-state index in [1.54, 1.807) is 37.3 Å². The van der Waals surface area contributed by atoms with Gasteiger partial charge in [-0.1, -0.05) is 32.2 Å². The molecule has 3 aromatic carbocycles. The Balaban J connectivity index is 1.26. The van der Waals surface area contributed by atoms with E-state index >= 15 is 0 Å². The van der Waals surface area contributed by atoms with Crippen molar-refractivity contribution in [3.63, 3.8) is 0 Å². The fourth-order valence-electron chi connectivity index (χ4n) is 4.77. The van der Waals surface area contributed by atoms with Gasteiger partial charge >= 0.3 is 18.1 Å². The smallest absolute Gasteiger partial charge is 0.494 e. The summed E-state index contributed by atoms with van der Waals surface area (Å²) in [5, 5.41) is -0.0826. The Hall–Kier alpha value is -4.83. The van der Waals surface area contributed by atoms with Gasteiger partial charge in [-0.25, -0.2) is 9.59 Å². The number of fused-ring (bicyclic) bond motifs is 3. The number of esters is 2. The fraction of sp³-hybridized carbons (Fsp3) is 0.278.